The molecule has 0 radical (unpaired) electrons. The van der Waals surface area contributed by atoms with Crippen LogP contribution in [0.4, 0.5) is 0 Å². The minimum Gasteiger partial charge on any atom is -0.469 e. The fraction of sp³-hybridized carbons (Fsp3) is 0.966. The molecule has 0 aromatic carbocycles. The number of ether oxygens (including phenoxy) is 1. The van der Waals surface area contributed by atoms with E-state index in [-0.39, 0.29) is 23.5 Å². The number of hydrogen-bond acceptors (Lipinski definition) is 4. The molecule has 1 N–H and O–H groups in total. The van der Waals surface area contributed by atoms with Crippen LogP contribution in [0.3, 0.4) is 0 Å². The molecule has 0 heterocycles. The van der Waals surface area contributed by atoms with Gasteiger partial charge in [0.25, 0.3) is 0 Å². The molecule has 0 bridgehead atoms. The summed E-state index contributed by atoms with van der Waals surface area (Å²) < 4.78 is 11.4. The van der Waals surface area contributed by atoms with Gasteiger partial charge in [0.15, 0.2) is 8.32 Å². The number of rotatable bonds is 22. The van der Waals surface area contributed by atoms with E-state index in [0.717, 1.165) is 12.8 Å². The molecule has 0 aliphatic rings. The number of hydrogen-bond donors (Lipinski definition) is 1. The van der Waals surface area contributed by atoms with Crippen LogP contribution in [-0.4, -0.2) is 38.7 Å². The van der Waals surface area contributed by atoms with E-state index in [1.54, 1.807) is 0 Å². The number of aliphatic hydroxyl groups excluding tert-OH is 1. The molecule has 0 amide bonds. The number of unbranched alkanes of at least 4 members (excludes halogenated alkanes) is 14. The Morgan fingerprint density at radius 2 is 1.21 bits per heavy atom. The van der Waals surface area contributed by atoms with Gasteiger partial charge in [0.05, 0.1) is 19.6 Å². The molecular weight excluding hydrogens is 440 g/mol. The van der Waals surface area contributed by atoms with E-state index in [2.05, 4.69) is 40.8 Å². The Morgan fingerprint density at radius 1 is 0.794 bits per heavy atom. The maximum atomic E-state index is 11.5. The first-order chi connectivity index (χ1) is 16.0. The molecule has 4 nitrogen and oxygen atoms in total. The smallest absolute Gasteiger partial charge is 0.308 e. The standard InChI is InChI=1S/C29H60O4Si/c1-8-9-10-11-12-13-14-15-16-17-18-19-20-21-22-23-27(24-26(30)25-28(31)32-5)33-34(6,7)29(2,3)4/h26-27,30H,8-25H2,1-7H3/t26-,27-/m1/s1. The van der Waals surface area contributed by atoms with Crippen molar-refractivity contribution in [3.63, 3.8) is 0 Å². The Kier molecular flexibility index (Phi) is 19.5. The molecule has 0 rings (SSSR count). The summed E-state index contributed by atoms with van der Waals surface area (Å²) in [6.45, 7) is 13.5. The van der Waals surface area contributed by atoms with Gasteiger partial charge in [-0.05, 0) is 31.0 Å². The molecule has 0 aliphatic heterocycles. The van der Waals surface area contributed by atoms with E-state index < -0.39 is 14.4 Å². The molecule has 0 saturated carbocycles. The molecule has 0 saturated heterocycles. The second-order valence-electron chi connectivity index (χ2n) is 11.9. The van der Waals surface area contributed by atoms with Gasteiger partial charge in [0.2, 0.25) is 0 Å². The van der Waals surface area contributed by atoms with E-state index in [4.69, 9.17) is 9.16 Å². The van der Waals surface area contributed by atoms with Gasteiger partial charge >= 0.3 is 5.97 Å². The zero-order chi connectivity index (χ0) is 25.9. The molecule has 204 valence electrons. The van der Waals surface area contributed by atoms with Gasteiger partial charge in [-0.2, -0.15) is 0 Å². The monoisotopic (exact) mass is 500 g/mol. The number of esters is 1. The van der Waals surface area contributed by atoms with E-state index in [1.165, 1.54) is 97.0 Å². The van der Waals surface area contributed by atoms with Crippen LogP contribution in [0.2, 0.25) is 18.1 Å². The van der Waals surface area contributed by atoms with Crippen molar-refractivity contribution in [1.82, 2.24) is 0 Å². The first-order valence-electron chi connectivity index (χ1n) is 14.5. The highest BCUT2D eigenvalue weighted by molar-refractivity contribution is 6.74. The van der Waals surface area contributed by atoms with Crippen LogP contribution in [0.15, 0.2) is 0 Å². The molecule has 0 aromatic rings. The van der Waals surface area contributed by atoms with Gasteiger partial charge in [0.1, 0.15) is 0 Å². The molecule has 0 spiro atoms. The fourth-order valence-corrected chi connectivity index (χ4v) is 5.63. The van der Waals surface area contributed by atoms with Crippen LogP contribution >= 0.6 is 0 Å². The molecule has 0 unspecified atom stereocenters. The topological polar surface area (TPSA) is 55.8 Å². The number of methoxy groups -OCH3 is 1. The normalized spacial score (nSPS) is 14.2. The lowest BCUT2D eigenvalue weighted by Gasteiger charge is -2.40. The maximum Gasteiger partial charge on any atom is 0.308 e. The lowest BCUT2D eigenvalue weighted by Crippen LogP contribution is -2.44. The van der Waals surface area contributed by atoms with Gasteiger partial charge < -0.3 is 14.3 Å². The van der Waals surface area contributed by atoms with Gasteiger partial charge in [0, 0.05) is 6.10 Å². The van der Waals surface area contributed by atoms with E-state index in [9.17, 15) is 9.90 Å². The lowest BCUT2D eigenvalue weighted by molar-refractivity contribution is -0.143. The van der Waals surface area contributed by atoms with Gasteiger partial charge in [-0.1, -0.05) is 124 Å². The van der Waals surface area contributed by atoms with Crippen LogP contribution in [0.5, 0.6) is 0 Å². The van der Waals surface area contributed by atoms with Crippen LogP contribution < -0.4 is 0 Å². The number of carbonyl (C=O) groups excluding carboxylic acids is 1. The van der Waals surface area contributed by atoms with Crippen molar-refractivity contribution >= 4 is 14.3 Å². The molecule has 0 aromatic heterocycles. The zero-order valence-corrected chi connectivity index (χ0v) is 25.1. The third kappa shape index (κ3) is 18.0. The predicted molar refractivity (Wildman–Crippen MR) is 149 cm³/mol. The summed E-state index contributed by atoms with van der Waals surface area (Å²) in [6.07, 6.45) is 21.2. The van der Waals surface area contributed by atoms with Crippen LogP contribution in [0, 0.1) is 0 Å². The molecular formula is C29H60O4Si. The van der Waals surface area contributed by atoms with Crippen molar-refractivity contribution < 1.29 is 19.1 Å². The van der Waals surface area contributed by atoms with Crippen LogP contribution in [0.1, 0.15) is 143 Å². The highest BCUT2D eigenvalue weighted by Gasteiger charge is 2.39. The lowest BCUT2D eigenvalue weighted by atomic mass is 10.0. The molecule has 2 atom stereocenters. The maximum absolute atomic E-state index is 11.5. The molecule has 34 heavy (non-hydrogen) atoms. The Balaban J connectivity index is 4.06. The Bertz CT molecular complexity index is 487. The van der Waals surface area contributed by atoms with Gasteiger partial charge in [-0.15, -0.1) is 0 Å². The summed E-state index contributed by atoms with van der Waals surface area (Å²) in [5.41, 5.74) is 0. The highest BCUT2D eigenvalue weighted by Crippen LogP contribution is 2.38. The first kappa shape index (κ1) is 33.6. The predicted octanol–water partition coefficient (Wildman–Crippen LogP) is 8.95. The Morgan fingerprint density at radius 3 is 1.59 bits per heavy atom. The van der Waals surface area contributed by atoms with Crippen LogP contribution in [0.25, 0.3) is 0 Å². The second-order valence-corrected chi connectivity index (χ2v) is 16.7. The molecule has 0 aliphatic carbocycles. The molecule has 0 fully saturated rings. The van der Waals surface area contributed by atoms with Gasteiger partial charge in [-0.25, -0.2) is 0 Å². The quantitative estimate of drug-likeness (QED) is 0.0915. The van der Waals surface area contributed by atoms with Crippen LogP contribution in [-0.2, 0) is 14.0 Å². The minimum absolute atomic E-state index is 0.0162. The van der Waals surface area contributed by atoms with Crippen molar-refractivity contribution in [3.8, 4) is 0 Å². The SMILES string of the molecule is CCCCCCCCCCCCCCCCC[C@H](C[C@@H](O)CC(=O)OC)O[Si](C)(C)C(C)(C)C. The minimum atomic E-state index is -1.92. The summed E-state index contributed by atoms with van der Waals surface area (Å²) in [4.78, 5) is 11.5. The summed E-state index contributed by atoms with van der Waals surface area (Å²) in [7, 11) is -0.550. The summed E-state index contributed by atoms with van der Waals surface area (Å²) in [6, 6.07) is 0. The number of carbonyl (C=O) groups is 1. The van der Waals surface area contributed by atoms with E-state index >= 15 is 0 Å². The van der Waals surface area contributed by atoms with Crippen molar-refractivity contribution in [2.24, 2.45) is 0 Å². The van der Waals surface area contributed by atoms with Crippen molar-refractivity contribution in [2.45, 2.75) is 174 Å². The number of aliphatic hydroxyl groups is 1. The summed E-state index contributed by atoms with van der Waals surface area (Å²) >= 11 is 0. The van der Waals surface area contributed by atoms with E-state index in [0.29, 0.717) is 6.42 Å². The second kappa shape index (κ2) is 19.8. The zero-order valence-electron chi connectivity index (χ0n) is 24.1. The van der Waals surface area contributed by atoms with Crippen molar-refractivity contribution in [3.05, 3.63) is 0 Å². The average Bonchev–Trinajstić information content (AvgIpc) is 2.75. The van der Waals surface area contributed by atoms with Crippen molar-refractivity contribution in [2.75, 3.05) is 7.11 Å². The largest absolute Gasteiger partial charge is 0.469 e. The van der Waals surface area contributed by atoms with Crippen molar-refractivity contribution in [1.29, 1.82) is 0 Å². The third-order valence-electron chi connectivity index (χ3n) is 7.56. The van der Waals surface area contributed by atoms with E-state index in [1.807, 2.05) is 0 Å². The first-order valence-corrected chi connectivity index (χ1v) is 17.4. The molecule has 5 heteroatoms. The Labute approximate surface area is 214 Å². The third-order valence-corrected chi connectivity index (χ3v) is 12.1. The van der Waals surface area contributed by atoms with Gasteiger partial charge in [-0.3, -0.25) is 4.79 Å². The fourth-order valence-electron chi connectivity index (χ4n) is 4.22. The summed E-state index contributed by atoms with van der Waals surface area (Å²) in [5.74, 6) is -0.356. The average molecular weight is 501 g/mol. The highest BCUT2D eigenvalue weighted by atomic mass is 28.4. The summed E-state index contributed by atoms with van der Waals surface area (Å²) in [5, 5.41) is 10.5. The Hall–Kier alpha value is -0.393.